The van der Waals surface area contributed by atoms with Crippen molar-refractivity contribution in [2.24, 2.45) is 5.10 Å². The summed E-state index contributed by atoms with van der Waals surface area (Å²) >= 11 is 1.45. The lowest BCUT2D eigenvalue weighted by Crippen LogP contribution is -2.27. The highest BCUT2D eigenvalue weighted by molar-refractivity contribution is 8.00. The molecule has 0 bridgehead atoms. The minimum atomic E-state index is -3.42. The number of carbonyl (C=O) groups excluding carboxylic acids is 1. The van der Waals surface area contributed by atoms with Gasteiger partial charge in [-0.2, -0.15) is 9.41 Å². The summed E-state index contributed by atoms with van der Waals surface area (Å²) in [4.78, 5) is 13.3. The van der Waals surface area contributed by atoms with Crippen molar-refractivity contribution in [1.29, 1.82) is 0 Å². The molecule has 0 atom stereocenters. The van der Waals surface area contributed by atoms with Crippen LogP contribution in [0.2, 0.25) is 0 Å². The summed E-state index contributed by atoms with van der Waals surface area (Å²) in [6.07, 6.45) is 1.82. The molecule has 0 radical (unpaired) electrons. The molecule has 0 saturated carbocycles. The quantitative estimate of drug-likeness (QED) is 0.414. The van der Waals surface area contributed by atoms with E-state index in [4.69, 9.17) is 0 Å². The van der Waals surface area contributed by atoms with E-state index in [0.717, 1.165) is 23.3 Å². The molecular formula is C21H25N3O3S2. The van der Waals surface area contributed by atoms with Crippen LogP contribution in [0.1, 0.15) is 30.9 Å². The minimum absolute atomic E-state index is 0.192. The van der Waals surface area contributed by atoms with Crippen LogP contribution in [0.4, 0.5) is 0 Å². The van der Waals surface area contributed by atoms with Crippen LogP contribution >= 0.6 is 11.8 Å². The van der Waals surface area contributed by atoms with E-state index in [-0.39, 0.29) is 16.6 Å². The number of carbonyl (C=O) groups is 1. The van der Waals surface area contributed by atoms with Gasteiger partial charge in [-0.1, -0.05) is 29.8 Å². The molecule has 3 rings (SSSR count). The van der Waals surface area contributed by atoms with Gasteiger partial charge in [-0.3, -0.25) is 4.79 Å². The fourth-order valence-corrected chi connectivity index (χ4v) is 5.18. The molecule has 1 heterocycles. The van der Waals surface area contributed by atoms with E-state index in [2.05, 4.69) is 10.5 Å². The van der Waals surface area contributed by atoms with Crippen LogP contribution in [0.15, 0.2) is 63.4 Å². The summed E-state index contributed by atoms with van der Waals surface area (Å²) in [6, 6.07) is 14.6. The Kier molecular flexibility index (Phi) is 7.10. The average molecular weight is 432 g/mol. The van der Waals surface area contributed by atoms with E-state index < -0.39 is 10.0 Å². The summed E-state index contributed by atoms with van der Waals surface area (Å²) in [6.45, 7) is 4.96. The molecule has 1 N–H and O–H groups in total. The van der Waals surface area contributed by atoms with E-state index in [1.807, 2.05) is 31.2 Å². The van der Waals surface area contributed by atoms with Gasteiger partial charge in [0.1, 0.15) is 0 Å². The third-order valence-electron chi connectivity index (χ3n) is 4.71. The number of sulfonamides is 1. The highest BCUT2D eigenvalue weighted by Gasteiger charge is 2.26. The number of aryl methyl sites for hydroxylation is 1. The van der Waals surface area contributed by atoms with Crippen molar-refractivity contribution in [3.05, 3.63) is 59.7 Å². The molecule has 1 aliphatic rings. The number of hydrazone groups is 1. The average Bonchev–Trinajstić information content (AvgIpc) is 3.27. The summed E-state index contributed by atoms with van der Waals surface area (Å²) in [5.74, 6) is 0.0792. The molecule has 2 aromatic carbocycles. The van der Waals surface area contributed by atoms with Crippen molar-refractivity contribution in [1.82, 2.24) is 9.73 Å². The zero-order chi connectivity index (χ0) is 20.9. The lowest BCUT2D eigenvalue weighted by molar-refractivity contribution is -0.118. The Bertz CT molecular complexity index is 979. The Balaban J connectivity index is 1.56. The molecule has 1 aliphatic heterocycles. The third kappa shape index (κ3) is 5.68. The summed E-state index contributed by atoms with van der Waals surface area (Å²) in [5.41, 5.74) is 5.11. The van der Waals surface area contributed by atoms with Crippen molar-refractivity contribution in [3.8, 4) is 0 Å². The van der Waals surface area contributed by atoms with Gasteiger partial charge in [0.05, 0.1) is 16.4 Å². The first-order valence-corrected chi connectivity index (χ1v) is 11.9. The second kappa shape index (κ2) is 9.56. The normalized spacial score (nSPS) is 15.4. The summed E-state index contributed by atoms with van der Waals surface area (Å²) in [7, 11) is -3.42. The highest BCUT2D eigenvalue weighted by Crippen LogP contribution is 2.21. The number of nitrogens with zero attached hydrogens (tertiary/aromatic N) is 2. The van der Waals surface area contributed by atoms with Gasteiger partial charge in [-0.05, 0) is 56.5 Å². The number of rotatable bonds is 7. The lowest BCUT2D eigenvalue weighted by Gasteiger charge is -2.15. The Morgan fingerprint density at radius 2 is 1.69 bits per heavy atom. The van der Waals surface area contributed by atoms with Crippen molar-refractivity contribution >= 4 is 33.4 Å². The van der Waals surface area contributed by atoms with Crippen LogP contribution < -0.4 is 5.43 Å². The smallest absolute Gasteiger partial charge is 0.250 e. The molecule has 0 aliphatic carbocycles. The molecule has 1 fully saturated rings. The van der Waals surface area contributed by atoms with E-state index in [9.17, 15) is 13.2 Å². The second-order valence-electron chi connectivity index (χ2n) is 6.97. The predicted molar refractivity (Wildman–Crippen MR) is 117 cm³/mol. The summed E-state index contributed by atoms with van der Waals surface area (Å²) in [5, 5.41) is 4.13. The van der Waals surface area contributed by atoms with Crippen molar-refractivity contribution in [2.75, 3.05) is 18.8 Å². The van der Waals surface area contributed by atoms with Gasteiger partial charge in [-0.25, -0.2) is 13.8 Å². The van der Waals surface area contributed by atoms with Gasteiger partial charge < -0.3 is 0 Å². The second-order valence-corrected chi connectivity index (χ2v) is 9.96. The molecular weight excluding hydrogens is 406 g/mol. The largest absolute Gasteiger partial charge is 0.272 e. The molecule has 0 aromatic heterocycles. The molecule has 6 nitrogen and oxygen atoms in total. The van der Waals surface area contributed by atoms with Gasteiger partial charge in [-0.15, -0.1) is 11.8 Å². The molecule has 0 unspecified atom stereocenters. The molecule has 1 saturated heterocycles. The molecule has 2 aromatic rings. The topological polar surface area (TPSA) is 78.8 Å². The van der Waals surface area contributed by atoms with Gasteiger partial charge >= 0.3 is 0 Å². The molecule has 8 heteroatoms. The molecule has 29 heavy (non-hydrogen) atoms. The van der Waals surface area contributed by atoms with Crippen LogP contribution in [0.5, 0.6) is 0 Å². The van der Waals surface area contributed by atoms with Crippen molar-refractivity contribution in [2.45, 2.75) is 36.5 Å². The number of amides is 1. The van der Waals surface area contributed by atoms with Gasteiger partial charge in [0.15, 0.2) is 0 Å². The van der Waals surface area contributed by atoms with Gasteiger partial charge in [0.2, 0.25) is 15.9 Å². The number of hydrogen-bond acceptors (Lipinski definition) is 5. The fourth-order valence-electron chi connectivity index (χ4n) is 2.97. The first-order valence-electron chi connectivity index (χ1n) is 9.49. The number of hydrogen-bond donors (Lipinski definition) is 1. The SMILES string of the molecule is C/C(=N\NC(=O)CSc1ccc(C)cc1)c1ccc(S(=O)(=O)N2CCCC2)cc1. The standard InChI is InChI=1S/C21H25N3O3S2/c1-16-5-9-19(10-6-16)28-15-21(25)23-22-17(2)18-7-11-20(12-8-18)29(26,27)24-13-3-4-14-24/h5-12H,3-4,13-15H2,1-2H3,(H,23,25)/b22-17+. The Hall–Kier alpha value is -2.16. The first-order chi connectivity index (χ1) is 13.9. The van der Waals surface area contributed by atoms with Crippen LogP contribution in [-0.4, -0.2) is 43.2 Å². The van der Waals surface area contributed by atoms with Gasteiger partial charge in [0, 0.05) is 18.0 Å². The fraction of sp³-hybridized carbons (Fsp3) is 0.333. The maximum absolute atomic E-state index is 12.6. The van der Waals surface area contributed by atoms with Crippen LogP contribution in [0, 0.1) is 6.92 Å². The highest BCUT2D eigenvalue weighted by atomic mass is 32.2. The zero-order valence-corrected chi connectivity index (χ0v) is 18.2. The molecule has 1 amide bonds. The monoisotopic (exact) mass is 431 g/mol. The Morgan fingerprint density at radius 3 is 2.31 bits per heavy atom. The summed E-state index contributed by atoms with van der Waals surface area (Å²) < 4.78 is 26.7. The van der Waals surface area contributed by atoms with Gasteiger partial charge in [0.25, 0.3) is 0 Å². The lowest BCUT2D eigenvalue weighted by atomic mass is 10.1. The number of benzene rings is 2. The first kappa shape index (κ1) is 21.5. The molecule has 0 spiro atoms. The van der Waals surface area contributed by atoms with Crippen molar-refractivity contribution in [3.63, 3.8) is 0 Å². The van der Waals surface area contributed by atoms with E-state index in [1.54, 1.807) is 31.2 Å². The van der Waals surface area contributed by atoms with Crippen molar-refractivity contribution < 1.29 is 13.2 Å². The van der Waals surface area contributed by atoms with Crippen LogP contribution in [0.3, 0.4) is 0 Å². The minimum Gasteiger partial charge on any atom is -0.272 e. The third-order valence-corrected chi connectivity index (χ3v) is 7.64. The zero-order valence-electron chi connectivity index (χ0n) is 16.6. The van der Waals surface area contributed by atoms with E-state index >= 15 is 0 Å². The number of nitrogens with one attached hydrogen (secondary N) is 1. The molecule has 154 valence electrons. The Morgan fingerprint density at radius 1 is 1.07 bits per heavy atom. The van der Waals surface area contributed by atoms with Crippen LogP contribution in [-0.2, 0) is 14.8 Å². The maximum atomic E-state index is 12.6. The van der Waals surface area contributed by atoms with Crippen LogP contribution in [0.25, 0.3) is 0 Å². The Labute approximate surface area is 176 Å². The maximum Gasteiger partial charge on any atom is 0.250 e. The van der Waals surface area contributed by atoms with E-state index in [1.165, 1.54) is 21.6 Å². The van der Waals surface area contributed by atoms with E-state index in [0.29, 0.717) is 18.8 Å². The number of thioether (sulfide) groups is 1. The predicted octanol–water partition coefficient (Wildman–Crippen LogP) is 3.41.